The van der Waals surface area contributed by atoms with Gasteiger partial charge in [-0.2, -0.15) is 5.26 Å². The Kier molecular flexibility index (Phi) is 6.80. The lowest BCUT2D eigenvalue weighted by atomic mass is 9.87. The van der Waals surface area contributed by atoms with Crippen molar-refractivity contribution in [2.24, 2.45) is 0 Å². The summed E-state index contributed by atoms with van der Waals surface area (Å²) in [5.41, 5.74) is 1.36. The second kappa shape index (κ2) is 9.31. The SMILES string of the molecule is N#CC1=C(SCC(=O)Nc2cccc(Cl)c2Cl)NC(=O)C[C@@H]1c1ccc(F)cc1. The standard InChI is InChI=1S/C20H14Cl2FN3O2S/c21-15-2-1-3-16(19(15)22)25-18(28)10-29-20-14(9-24)13(8-17(27)26-20)11-4-6-12(23)7-5-11/h1-7,13H,8,10H2,(H,25,28)(H,26,27)/t13-/m1/s1. The number of anilines is 1. The Balaban J connectivity index is 1.76. The van der Waals surface area contributed by atoms with Crippen LogP contribution in [0.1, 0.15) is 17.9 Å². The van der Waals surface area contributed by atoms with Gasteiger partial charge in [0.2, 0.25) is 11.8 Å². The molecule has 148 valence electrons. The highest BCUT2D eigenvalue weighted by molar-refractivity contribution is 8.03. The fraction of sp³-hybridized carbons (Fsp3) is 0.150. The Morgan fingerprint density at radius 3 is 2.69 bits per heavy atom. The van der Waals surface area contributed by atoms with Gasteiger partial charge in [0, 0.05) is 12.3 Å². The molecule has 0 saturated heterocycles. The minimum absolute atomic E-state index is 0.0558. The van der Waals surface area contributed by atoms with Crippen LogP contribution in [-0.2, 0) is 9.59 Å². The molecule has 2 N–H and O–H groups in total. The first-order chi connectivity index (χ1) is 13.9. The minimum Gasteiger partial charge on any atom is -0.324 e. The number of nitrogens with zero attached hydrogens (tertiary/aromatic N) is 1. The van der Waals surface area contributed by atoms with E-state index >= 15 is 0 Å². The Labute approximate surface area is 180 Å². The number of halogens is 3. The quantitative estimate of drug-likeness (QED) is 0.683. The molecule has 1 aliphatic heterocycles. The van der Waals surface area contributed by atoms with Gasteiger partial charge in [0.1, 0.15) is 5.82 Å². The average molecular weight is 450 g/mol. The van der Waals surface area contributed by atoms with Crippen molar-refractivity contribution in [1.29, 1.82) is 5.26 Å². The number of amides is 2. The van der Waals surface area contributed by atoms with Crippen molar-refractivity contribution in [3.05, 3.63) is 74.5 Å². The molecule has 0 saturated carbocycles. The van der Waals surface area contributed by atoms with Gasteiger partial charge in [-0.25, -0.2) is 4.39 Å². The summed E-state index contributed by atoms with van der Waals surface area (Å²) in [4.78, 5) is 24.4. The number of rotatable bonds is 5. The molecule has 2 aromatic rings. The Morgan fingerprint density at radius 1 is 1.28 bits per heavy atom. The topological polar surface area (TPSA) is 82.0 Å². The molecule has 2 aromatic carbocycles. The summed E-state index contributed by atoms with van der Waals surface area (Å²) < 4.78 is 13.2. The van der Waals surface area contributed by atoms with Crippen molar-refractivity contribution in [1.82, 2.24) is 5.32 Å². The van der Waals surface area contributed by atoms with Crippen molar-refractivity contribution < 1.29 is 14.0 Å². The first kappa shape index (κ1) is 21.2. The summed E-state index contributed by atoms with van der Waals surface area (Å²) in [7, 11) is 0. The second-order valence-corrected chi connectivity index (χ2v) is 7.92. The Morgan fingerprint density at radius 2 is 2.00 bits per heavy atom. The molecule has 0 fully saturated rings. The maximum atomic E-state index is 13.2. The summed E-state index contributed by atoms with van der Waals surface area (Å²) in [6, 6.07) is 12.6. The van der Waals surface area contributed by atoms with Gasteiger partial charge in [-0.1, -0.05) is 53.2 Å². The number of hydrogen-bond acceptors (Lipinski definition) is 4. The highest BCUT2D eigenvalue weighted by Crippen LogP contribution is 2.36. The zero-order valence-corrected chi connectivity index (χ0v) is 17.2. The normalized spacial score (nSPS) is 16.2. The van der Waals surface area contributed by atoms with Crippen molar-refractivity contribution in [2.75, 3.05) is 11.1 Å². The maximum absolute atomic E-state index is 13.2. The van der Waals surface area contributed by atoms with Gasteiger partial charge in [0.05, 0.1) is 38.2 Å². The van der Waals surface area contributed by atoms with Gasteiger partial charge in [-0.05, 0) is 29.8 Å². The molecule has 0 bridgehead atoms. The lowest BCUT2D eigenvalue weighted by molar-refractivity contribution is -0.121. The van der Waals surface area contributed by atoms with E-state index in [9.17, 15) is 19.2 Å². The number of carbonyl (C=O) groups excluding carboxylic acids is 2. The van der Waals surface area contributed by atoms with Crippen LogP contribution in [-0.4, -0.2) is 17.6 Å². The van der Waals surface area contributed by atoms with Crippen LogP contribution >= 0.6 is 35.0 Å². The summed E-state index contributed by atoms with van der Waals surface area (Å²) >= 11 is 13.0. The first-order valence-corrected chi connectivity index (χ1v) is 10.2. The molecule has 1 heterocycles. The molecular formula is C20H14Cl2FN3O2S. The fourth-order valence-electron chi connectivity index (χ4n) is 2.84. The van der Waals surface area contributed by atoms with E-state index < -0.39 is 11.7 Å². The molecular weight excluding hydrogens is 436 g/mol. The van der Waals surface area contributed by atoms with E-state index in [1.165, 1.54) is 12.1 Å². The van der Waals surface area contributed by atoms with E-state index in [1.54, 1.807) is 30.3 Å². The number of hydrogen-bond donors (Lipinski definition) is 2. The van der Waals surface area contributed by atoms with Gasteiger partial charge in [0.15, 0.2) is 0 Å². The van der Waals surface area contributed by atoms with E-state index in [0.29, 0.717) is 26.9 Å². The molecule has 3 rings (SSSR count). The van der Waals surface area contributed by atoms with Crippen LogP contribution in [0.5, 0.6) is 0 Å². The number of benzene rings is 2. The lowest BCUT2D eigenvalue weighted by Crippen LogP contribution is -2.31. The average Bonchev–Trinajstić information content (AvgIpc) is 2.70. The van der Waals surface area contributed by atoms with E-state index in [0.717, 1.165) is 11.8 Å². The van der Waals surface area contributed by atoms with Crippen molar-refractivity contribution >= 4 is 52.5 Å². The molecule has 0 aliphatic carbocycles. The Bertz CT molecular complexity index is 1040. The largest absolute Gasteiger partial charge is 0.324 e. The van der Waals surface area contributed by atoms with Crippen LogP contribution in [0, 0.1) is 17.1 Å². The summed E-state index contributed by atoms with van der Waals surface area (Å²) in [6.45, 7) is 0. The number of carbonyl (C=O) groups is 2. The second-order valence-electron chi connectivity index (χ2n) is 6.15. The molecule has 2 amide bonds. The van der Waals surface area contributed by atoms with Crippen molar-refractivity contribution in [3.63, 3.8) is 0 Å². The third kappa shape index (κ3) is 5.10. The zero-order valence-electron chi connectivity index (χ0n) is 14.8. The third-order valence-corrected chi connectivity index (χ3v) is 6.04. The van der Waals surface area contributed by atoms with Crippen LogP contribution in [0.15, 0.2) is 53.1 Å². The van der Waals surface area contributed by atoms with Crippen LogP contribution in [0.4, 0.5) is 10.1 Å². The molecule has 0 radical (unpaired) electrons. The van der Waals surface area contributed by atoms with Crippen LogP contribution < -0.4 is 10.6 Å². The molecule has 0 unspecified atom stereocenters. The summed E-state index contributed by atoms with van der Waals surface area (Å²) in [5.74, 6) is -1.61. The van der Waals surface area contributed by atoms with Gasteiger partial charge in [-0.3, -0.25) is 9.59 Å². The van der Waals surface area contributed by atoms with Gasteiger partial charge < -0.3 is 10.6 Å². The van der Waals surface area contributed by atoms with Crippen LogP contribution in [0.25, 0.3) is 0 Å². The van der Waals surface area contributed by atoms with Crippen molar-refractivity contribution in [3.8, 4) is 6.07 Å². The molecule has 0 spiro atoms. The number of nitrogens with one attached hydrogen (secondary N) is 2. The van der Waals surface area contributed by atoms with E-state index in [-0.39, 0.29) is 29.0 Å². The number of allylic oxidation sites excluding steroid dienone is 1. The van der Waals surface area contributed by atoms with E-state index in [2.05, 4.69) is 16.7 Å². The molecule has 9 heteroatoms. The highest BCUT2D eigenvalue weighted by Gasteiger charge is 2.30. The molecule has 0 aromatic heterocycles. The summed E-state index contributed by atoms with van der Waals surface area (Å²) in [5, 5.41) is 15.8. The monoisotopic (exact) mass is 449 g/mol. The Hall–Kier alpha value is -2.53. The third-order valence-electron chi connectivity index (χ3n) is 4.20. The molecule has 29 heavy (non-hydrogen) atoms. The van der Waals surface area contributed by atoms with E-state index in [4.69, 9.17) is 23.2 Å². The predicted octanol–water partition coefficient (Wildman–Crippen LogP) is 4.84. The van der Waals surface area contributed by atoms with Crippen LogP contribution in [0.3, 0.4) is 0 Å². The first-order valence-electron chi connectivity index (χ1n) is 8.45. The van der Waals surface area contributed by atoms with Crippen LogP contribution in [0.2, 0.25) is 10.0 Å². The number of thioether (sulfide) groups is 1. The van der Waals surface area contributed by atoms with E-state index in [1.807, 2.05) is 0 Å². The maximum Gasteiger partial charge on any atom is 0.234 e. The highest BCUT2D eigenvalue weighted by atomic mass is 35.5. The van der Waals surface area contributed by atoms with Gasteiger partial charge in [-0.15, -0.1) is 0 Å². The number of nitriles is 1. The van der Waals surface area contributed by atoms with Gasteiger partial charge >= 0.3 is 0 Å². The fourth-order valence-corrected chi connectivity index (χ4v) is 4.06. The van der Waals surface area contributed by atoms with Crippen molar-refractivity contribution in [2.45, 2.75) is 12.3 Å². The predicted molar refractivity (Wildman–Crippen MR) is 112 cm³/mol. The van der Waals surface area contributed by atoms with Gasteiger partial charge in [0.25, 0.3) is 0 Å². The minimum atomic E-state index is -0.498. The summed E-state index contributed by atoms with van der Waals surface area (Å²) in [6.07, 6.45) is 0.0723. The smallest absolute Gasteiger partial charge is 0.234 e. The lowest BCUT2D eigenvalue weighted by Gasteiger charge is -2.25. The molecule has 5 nitrogen and oxygen atoms in total. The zero-order chi connectivity index (χ0) is 21.0. The molecule has 1 atom stereocenters. The molecule has 1 aliphatic rings.